The van der Waals surface area contributed by atoms with Gasteiger partial charge in [0.1, 0.15) is 17.8 Å². The second-order valence-corrected chi connectivity index (χ2v) is 9.38. The number of nitrogens with zero attached hydrogens (tertiary/aromatic N) is 3. The van der Waals surface area contributed by atoms with Gasteiger partial charge in [-0.1, -0.05) is 20.8 Å². The lowest BCUT2D eigenvalue weighted by molar-refractivity contribution is 0.136. The van der Waals surface area contributed by atoms with Crippen LogP contribution in [0.15, 0.2) is 30.6 Å². The summed E-state index contributed by atoms with van der Waals surface area (Å²) in [7, 11) is 0. The van der Waals surface area contributed by atoms with E-state index in [9.17, 15) is 0 Å². The van der Waals surface area contributed by atoms with Crippen LogP contribution in [0.1, 0.15) is 47.0 Å². The number of rotatable bonds is 5. The highest BCUT2D eigenvalue weighted by molar-refractivity contribution is 5.78. The highest BCUT2D eigenvalue weighted by Gasteiger charge is 2.50. The number of nitrogens with one attached hydrogen (secondary N) is 1. The van der Waals surface area contributed by atoms with Crippen molar-refractivity contribution in [2.75, 3.05) is 29.1 Å². The fourth-order valence-electron chi connectivity index (χ4n) is 5.36. The summed E-state index contributed by atoms with van der Waals surface area (Å²) in [5.74, 6) is 2.36. The third kappa shape index (κ3) is 3.60. The van der Waals surface area contributed by atoms with Gasteiger partial charge in [0.2, 0.25) is 0 Å². The summed E-state index contributed by atoms with van der Waals surface area (Å²) in [6, 6.07) is 8.31. The molecule has 1 saturated carbocycles. The molecular weight excluding hydrogens is 350 g/mol. The molecule has 0 spiro atoms. The molecular formula is C22H31N5O. The molecule has 2 aliphatic rings. The summed E-state index contributed by atoms with van der Waals surface area (Å²) >= 11 is 0. The highest BCUT2D eigenvalue weighted by Crippen LogP contribution is 2.54. The summed E-state index contributed by atoms with van der Waals surface area (Å²) in [5.41, 5.74) is 8.75. The molecule has 2 atom stereocenters. The minimum absolute atomic E-state index is 0.326. The summed E-state index contributed by atoms with van der Waals surface area (Å²) in [4.78, 5) is 11.4. The maximum atomic E-state index is 6.53. The molecule has 2 unspecified atom stereocenters. The minimum Gasteiger partial charge on any atom is -0.494 e. The number of anilines is 4. The quantitative estimate of drug-likeness (QED) is 0.788. The predicted octanol–water partition coefficient (Wildman–Crippen LogP) is 4.61. The van der Waals surface area contributed by atoms with Gasteiger partial charge >= 0.3 is 0 Å². The van der Waals surface area contributed by atoms with E-state index in [1.54, 1.807) is 6.33 Å². The van der Waals surface area contributed by atoms with Gasteiger partial charge in [-0.15, -0.1) is 0 Å². The molecule has 1 saturated heterocycles. The largest absolute Gasteiger partial charge is 0.494 e. The number of nitrogen functional groups attached to an aromatic ring is 1. The molecule has 2 aromatic rings. The van der Waals surface area contributed by atoms with Crippen molar-refractivity contribution in [3.05, 3.63) is 30.6 Å². The zero-order valence-electron chi connectivity index (χ0n) is 17.3. The molecule has 3 N–H and O–H groups in total. The lowest BCUT2D eigenvalue weighted by Crippen LogP contribution is -2.35. The normalized spacial score (nSPS) is 25.6. The van der Waals surface area contributed by atoms with Gasteiger partial charge < -0.3 is 20.7 Å². The Morgan fingerprint density at radius 2 is 1.93 bits per heavy atom. The van der Waals surface area contributed by atoms with Gasteiger partial charge in [0, 0.05) is 18.3 Å². The van der Waals surface area contributed by atoms with Crippen LogP contribution in [0.4, 0.5) is 23.0 Å². The first-order valence-electron chi connectivity index (χ1n) is 10.2. The Morgan fingerprint density at radius 3 is 2.64 bits per heavy atom. The number of aromatic nitrogens is 2. The Balaban J connectivity index is 1.57. The molecule has 1 aromatic carbocycles. The van der Waals surface area contributed by atoms with Crippen molar-refractivity contribution >= 4 is 23.0 Å². The maximum absolute atomic E-state index is 6.53. The molecule has 6 heteroatoms. The first-order chi connectivity index (χ1) is 13.3. The highest BCUT2D eigenvalue weighted by atomic mass is 16.5. The van der Waals surface area contributed by atoms with E-state index < -0.39 is 0 Å². The zero-order valence-corrected chi connectivity index (χ0v) is 17.3. The standard InChI is InChI=1S/C22H31N5O/c1-5-28-17-8-6-15(7-9-17)26-19-18(23)20(25-14-24-19)27-13-22(4)11-16(27)10-21(2,3)12-22/h6-9,14,16H,5,10-13,23H2,1-4H3,(H,24,25,26). The van der Waals surface area contributed by atoms with E-state index in [2.05, 4.69) is 41.0 Å². The lowest BCUT2D eigenvalue weighted by Gasteiger charge is -2.39. The molecule has 2 heterocycles. The number of ether oxygens (including phenoxy) is 1. The second-order valence-electron chi connectivity index (χ2n) is 9.38. The molecule has 0 radical (unpaired) electrons. The van der Waals surface area contributed by atoms with Crippen LogP contribution in [-0.4, -0.2) is 29.2 Å². The van der Waals surface area contributed by atoms with Crippen molar-refractivity contribution in [3.63, 3.8) is 0 Å². The van der Waals surface area contributed by atoms with Gasteiger partial charge in [0.15, 0.2) is 11.6 Å². The van der Waals surface area contributed by atoms with Crippen molar-refractivity contribution in [3.8, 4) is 5.75 Å². The summed E-state index contributed by atoms with van der Waals surface area (Å²) in [6.45, 7) is 10.8. The van der Waals surface area contributed by atoms with Gasteiger partial charge in [0.25, 0.3) is 0 Å². The number of hydrogen-bond acceptors (Lipinski definition) is 6. The average molecular weight is 382 g/mol. The van der Waals surface area contributed by atoms with Crippen LogP contribution in [0, 0.1) is 10.8 Å². The van der Waals surface area contributed by atoms with Gasteiger partial charge in [0.05, 0.1) is 6.61 Å². The zero-order chi connectivity index (χ0) is 19.9. The van der Waals surface area contributed by atoms with Crippen LogP contribution in [0.25, 0.3) is 0 Å². The molecule has 6 nitrogen and oxygen atoms in total. The monoisotopic (exact) mass is 381 g/mol. The topological polar surface area (TPSA) is 76.3 Å². The molecule has 28 heavy (non-hydrogen) atoms. The van der Waals surface area contributed by atoms with Crippen molar-refractivity contribution in [1.82, 2.24) is 9.97 Å². The number of benzene rings is 1. The Bertz CT molecular complexity index is 851. The molecule has 150 valence electrons. The average Bonchev–Trinajstić information content (AvgIpc) is 2.87. The Morgan fingerprint density at radius 1 is 1.18 bits per heavy atom. The molecule has 1 aliphatic carbocycles. The van der Waals surface area contributed by atoms with E-state index in [0.29, 0.717) is 35.0 Å². The van der Waals surface area contributed by atoms with Crippen molar-refractivity contribution < 1.29 is 4.74 Å². The molecule has 4 rings (SSSR count). The second kappa shape index (κ2) is 6.83. The first-order valence-corrected chi connectivity index (χ1v) is 10.2. The lowest BCUT2D eigenvalue weighted by atomic mass is 9.65. The molecule has 0 amide bonds. The molecule has 2 bridgehead atoms. The van der Waals surface area contributed by atoms with Crippen LogP contribution in [0.3, 0.4) is 0 Å². The van der Waals surface area contributed by atoms with Crippen LogP contribution in [0.2, 0.25) is 0 Å². The van der Waals surface area contributed by atoms with E-state index in [-0.39, 0.29) is 0 Å². The SMILES string of the molecule is CCOc1ccc(Nc2ncnc(N3CC4(C)CC3CC(C)(C)C4)c2N)cc1. The van der Waals surface area contributed by atoms with Crippen LogP contribution in [-0.2, 0) is 0 Å². The van der Waals surface area contributed by atoms with E-state index in [4.69, 9.17) is 10.5 Å². The van der Waals surface area contributed by atoms with Gasteiger partial charge in [-0.3, -0.25) is 0 Å². The molecule has 1 aliphatic heterocycles. The van der Waals surface area contributed by atoms with Crippen molar-refractivity contribution in [2.45, 2.75) is 53.0 Å². The van der Waals surface area contributed by atoms with Gasteiger partial charge in [-0.25, -0.2) is 9.97 Å². The maximum Gasteiger partial charge on any atom is 0.159 e. The fourth-order valence-corrected chi connectivity index (χ4v) is 5.36. The van der Waals surface area contributed by atoms with Gasteiger partial charge in [-0.2, -0.15) is 0 Å². The Kier molecular flexibility index (Phi) is 4.60. The van der Waals surface area contributed by atoms with E-state index in [1.807, 2.05) is 31.2 Å². The third-order valence-electron chi connectivity index (χ3n) is 5.98. The van der Waals surface area contributed by atoms with E-state index in [0.717, 1.165) is 23.8 Å². The summed E-state index contributed by atoms with van der Waals surface area (Å²) in [6.07, 6.45) is 5.24. The molecule has 2 fully saturated rings. The van der Waals surface area contributed by atoms with E-state index >= 15 is 0 Å². The van der Waals surface area contributed by atoms with Crippen molar-refractivity contribution in [1.29, 1.82) is 0 Å². The summed E-state index contributed by atoms with van der Waals surface area (Å²) in [5, 5.41) is 3.33. The van der Waals surface area contributed by atoms with Crippen molar-refractivity contribution in [2.24, 2.45) is 10.8 Å². The van der Waals surface area contributed by atoms with Gasteiger partial charge in [-0.05, 0) is 61.3 Å². The van der Waals surface area contributed by atoms with Crippen LogP contribution >= 0.6 is 0 Å². The predicted molar refractivity (Wildman–Crippen MR) is 114 cm³/mol. The summed E-state index contributed by atoms with van der Waals surface area (Å²) < 4.78 is 5.50. The minimum atomic E-state index is 0.326. The first kappa shape index (κ1) is 18.8. The number of hydrogen-bond donors (Lipinski definition) is 2. The van der Waals surface area contributed by atoms with Crippen LogP contribution < -0.4 is 20.7 Å². The number of fused-ring (bicyclic) bond motifs is 2. The Hall–Kier alpha value is -2.50. The Labute approximate surface area is 167 Å². The number of nitrogens with two attached hydrogens (primary N) is 1. The molecule has 1 aromatic heterocycles. The van der Waals surface area contributed by atoms with E-state index in [1.165, 1.54) is 19.3 Å². The third-order valence-corrected chi connectivity index (χ3v) is 5.98. The fraction of sp³-hybridized carbons (Fsp3) is 0.545. The smallest absolute Gasteiger partial charge is 0.159 e. The van der Waals surface area contributed by atoms with Crippen LogP contribution in [0.5, 0.6) is 5.75 Å².